The minimum Gasteiger partial charge on any atom is -0.491 e. The van der Waals surface area contributed by atoms with E-state index in [-0.39, 0.29) is 17.0 Å². The number of methoxy groups -OCH3 is 1. The van der Waals surface area contributed by atoms with E-state index in [4.69, 9.17) is 19.3 Å². The van der Waals surface area contributed by atoms with Crippen LogP contribution in [-0.2, 0) is 27.4 Å². The van der Waals surface area contributed by atoms with Crippen LogP contribution in [0.3, 0.4) is 0 Å². The number of esters is 2. The van der Waals surface area contributed by atoms with Gasteiger partial charge in [-0.25, -0.2) is 4.79 Å². The molecule has 38 heavy (non-hydrogen) atoms. The van der Waals surface area contributed by atoms with Crippen molar-refractivity contribution in [2.75, 3.05) is 20.3 Å². The number of carbonyl (C=O) groups is 2. The lowest BCUT2D eigenvalue weighted by molar-refractivity contribution is -0.143. The predicted octanol–water partition coefficient (Wildman–Crippen LogP) is 5.22. The Hall–Kier alpha value is -3.62. The molecule has 3 heterocycles. The highest BCUT2D eigenvalue weighted by Gasteiger charge is 2.24. The summed E-state index contributed by atoms with van der Waals surface area (Å²) in [6.45, 7) is 10.5. The summed E-state index contributed by atoms with van der Waals surface area (Å²) >= 11 is 0. The molecule has 0 atom stereocenters. The van der Waals surface area contributed by atoms with Crippen LogP contribution in [0.15, 0.2) is 35.3 Å². The minimum absolute atomic E-state index is 0.0230. The number of rotatable bonds is 10. The van der Waals surface area contributed by atoms with Crippen molar-refractivity contribution < 1.29 is 23.8 Å². The number of aryl methyl sites for hydroxylation is 2. The summed E-state index contributed by atoms with van der Waals surface area (Å²) < 4.78 is 19.5. The van der Waals surface area contributed by atoms with Crippen LogP contribution in [0.25, 0.3) is 22.3 Å². The Bertz CT molecular complexity index is 1300. The van der Waals surface area contributed by atoms with E-state index in [9.17, 15) is 14.4 Å². The van der Waals surface area contributed by atoms with Crippen LogP contribution in [0.1, 0.15) is 70.2 Å². The van der Waals surface area contributed by atoms with E-state index in [1.807, 2.05) is 34.4 Å². The molecule has 0 amide bonds. The maximum atomic E-state index is 12.6. The van der Waals surface area contributed by atoms with Crippen LogP contribution in [0.2, 0.25) is 0 Å². The molecule has 0 unspecified atom stereocenters. The molecule has 9 heteroatoms. The molecule has 1 aromatic carbocycles. The van der Waals surface area contributed by atoms with Crippen molar-refractivity contribution in [2.45, 2.75) is 72.9 Å². The molecule has 1 aliphatic rings. The summed E-state index contributed by atoms with van der Waals surface area (Å²) in [7, 11) is 1.26. The summed E-state index contributed by atoms with van der Waals surface area (Å²) in [6.07, 6.45) is 5.63. The fraction of sp³-hybridized carbons (Fsp3) is 0.517. The molecule has 2 aromatic heterocycles. The normalized spacial score (nSPS) is 11.8. The van der Waals surface area contributed by atoms with Gasteiger partial charge in [-0.3, -0.25) is 14.3 Å². The average Bonchev–Trinajstić information content (AvgIpc) is 3.27. The zero-order valence-electron chi connectivity index (χ0n) is 23.1. The molecular weight excluding hydrogens is 486 g/mol. The number of benzene rings is 1. The number of fused-ring (bicyclic) bond motifs is 5. The maximum absolute atomic E-state index is 12.6. The van der Waals surface area contributed by atoms with Crippen LogP contribution >= 0.6 is 0 Å². The molecule has 0 N–H and O–H groups in total. The van der Waals surface area contributed by atoms with Gasteiger partial charge in [0.1, 0.15) is 16.8 Å². The van der Waals surface area contributed by atoms with Crippen molar-refractivity contribution >= 4 is 22.8 Å². The van der Waals surface area contributed by atoms with Crippen molar-refractivity contribution in [3.8, 4) is 17.1 Å². The topological polar surface area (TPSA) is 102 Å². The zero-order valence-corrected chi connectivity index (χ0v) is 23.1. The summed E-state index contributed by atoms with van der Waals surface area (Å²) in [5.41, 5.74) is 1.94. The number of hydrogen-bond acceptors (Lipinski definition) is 7. The van der Waals surface area contributed by atoms with Crippen LogP contribution in [0.5, 0.6) is 5.75 Å². The third-order valence-corrected chi connectivity index (χ3v) is 5.90. The zero-order chi connectivity index (χ0) is 27.7. The first-order valence-corrected chi connectivity index (χ1v) is 13.4. The van der Waals surface area contributed by atoms with E-state index in [0.717, 1.165) is 48.2 Å². The van der Waals surface area contributed by atoms with E-state index in [1.54, 1.807) is 6.20 Å². The second kappa shape index (κ2) is 13.8. The minimum atomic E-state index is -0.638. The molecular formula is C29H39N3O6. The molecule has 0 saturated heterocycles. The average molecular weight is 526 g/mol. The van der Waals surface area contributed by atoms with Gasteiger partial charge in [-0.1, -0.05) is 45.7 Å². The smallest absolute Gasteiger partial charge is 0.343 e. The van der Waals surface area contributed by atoms with Crippen molar-refractivity contribution in [1.29, 1.82) is 0 Å². The monoisotopic (exact) mass is 525 g/mol. The molecule has 206 valence electrons. The molecule has 3 aromatic rings. The maximum Gasteiger partial charge on any atom is 0.343 e. The fourth-order valence-electron chi connectivity index (χ4n) is 4.24. The number of hydrogen-bond donors (Lipinski definition) is 0. The molecule has 0 spiro atoms. The quantitative estimate of drug-likeness (QED) is 0.264. The van der Waals surface area contributed by atoms with E-state index in [2.05, 4.69) is 20.8 Å². The van der Waals surface area contributed by atoms with Gasteiger partial charge < -0.3 is 18.8 Å². The van der Waals surface area contributed by atoms with Gasteiger partial charge in [0.15, 0.2) is 5.43 Å². The number of pyridine rings is 1. The number of unbranched alkanes of at least 4 members (excludes halogenated alkanes) is 3. The second-order valence-corrected chi connectivity index (χ2v) is 9.90. The molecule has 0 saturated carbocycles. The lowest BCUT2D eigenvalue weighted by Crippen LogP contribution is -2.24. The third-order valence-electron chi connectivity index (χ3n) is 5.90. The van der Waals surface area contributed by atoms with E-state index < -0.39 is 5.97 Å². The number of ether oxygens (including phenoxy) is 3. The number of carbonyl (C=O) groups excluding carboxylic acids is 2. The molecule has 1 aliphatic heterocycles. The second-order valence-electron chi connectivity index (χ2n) is 9.90. The first-order valence-electron chi connectivity index (χ1n) is 13.4. The van der Waals surface area contributed by atoms with E-state index in [0.29, 0.717) is 44.2 Å². The third kappa shape index (κ3) is 7.24. The molecule has 9 nitrogen and oxygen atoms in total. The predicted molar refractivity (Wildman–Crippen MR) is 146 cm³/mol. The highest BCUT2D eigenvalue weighted by Crippen LogP contribution is 2.35. The van der Waals surface area contributed by atoms with E-state index in [1.165, 1.54) is 13.2 Å². The Kier molecular flexibility index (Phi) is 10.5. The Balaban J connectivity index is 0.000000934. The first-order chi connectivity index (χ1) is 18.3. The highest BCUT2D eigenvalue weighted by atomic mass is 16.5. The van der Waals surface area contributed by atoms with Gasteiger partial charge >= 0.3 is 11.9 Å². The van der Waals surface area contributed by atoms with Crippen LogP contribution < -0.4 is 10.2 Å². The Morgan fingerprint density at radius 3 is 2.53 bits per heavy atom. The van der Waals surface area contributed by atoms with Crippen molar-refractivity contribution in [3.05, 3.63) is 46.2 Å². The Morgan fingerprint density at radius 1 is 1.08 bits per heavy atom. The SMILES string of the molecule is CC(C)C.CCOC(=O)CCCCCCOc1cccc2c3n(nc12)CCn1cc(C(=O)OC)c(=O)cc1-3. The van der Waals surface area contributed by atoms with Gasteiger partial charge in [0, 0.05) is 30.6 Å². The van der Waals surface area contributed by atoms with Crippen LogP contribution in [0.4, 0.5) is 0 Å². The van der Waals surface area contributed by atoms with Gasteiger partial charge in [0.05, 0.1) is 38.3 Å². The summed E-state index contributed by atoms with van der Waals surface area (Å²) in [5, 5.41) is 5.65. The van der Waals surface area contributed by atoms with Crippen LogP contribution in [-0.4, -0.2) is 46.6 Å². The largest absolute Gasteiger partial charge is 0.491 e. The first kappa shape index (κ1) is 28.9. The van der Waals surface area contributed by atoms with Gasteiger partial charge in [-0.05, 0) is 31.7 Å². The van der Waals surface area contributed by atoms with Crippen molar-refractivity contribution in [2.24, 2.45) is 5.92 Å². The molecule has 4 rings (SSSR count). The van der Waals surface area contributed by atoms with Gasteiger partial charge in [-0.2, -0.15) is 5.10 Å². The van der Waals surface area contributed by atoms with Gasteiger partial charge in [0.25, 0.3) is 0 Å². The summed E-state index contributed by atoms with van der Waals surface area (Å²) in [4.78, 5) is 35.9. The number of aromatic nitrogens is 3. The lowest BCUT2D eigenvalue weighted by atomic mass is 10.1. The van der Waals surface area contributed by atoms with Crippen molar-refractivity contribution in [3.63, 3.8) is 0 Å². The molecule has 0 bridgehead atoms. The van der Waals surface area contributed by atoms with Crippen LogP contribution in [0, 0.1) is 5.92 Å². The lowest BCUT2D eigenvalue weighted by Gasteiger charge is -2.21. The fourth-order valence-corrected chi connectivity index (χ4v) is 4.24. The Morgan fingerprint density at radius 2 is 1.82 bits per heavy atom. The summed E-state index contributed by atoms with van der Waals surface area (Å²) in [6, 6.07) is 7.25. The Labute approximate surface area is 223 Å². The van der Waals surface area contributed by atoms with Gasteiger partial charge in [0.2, 0.25) is 0 Å². The van der Waals surface area contributed by atoms with Crippen molar-refractivity contribution in [1.82, 2.24) is 14.3 Å². The van der Waals surface area contributed by atoms with E-state index >= 15 is 0 Å². The standard InChI is InChI=1S/C25H29N3O6.C4H10/c1-3-33-22(30)11-6-4-5-7-14-34-21-10-8-9-17-23(21)26-28-13-12-27-16-18(25(31)32-2)20(29)15-19(27)24(17)28;1-4(2)3/h8-10,15-16H,3-7,11-14H2,1-2H3;4H,1-3H3. The summed E-state index contributed by atoms with van der Waals surface area (Å²) in [5.74, 6) is 0.756. The molecule has 0 radical (unpaired) electrons. The molecule has 0 fully saturated rings. The molecule has 0 aliphatic carbocycles. The number of nitrogens with zero attached hydrogens (tertiary/aromatic N) is 3. The highest BCUT2D eigenvalue weighted by molar-refractivity contribution is 5.96. The van der Waals surface area contributed by atoms with Gasteiger partial charge in [-0.15, -0.1) is 0 Å².